The summed E-state index contributed by atoms with van der Waals surface area (Å²) in [6.07, 6.45) is 8.06. The Labute approximate surface area is 104 Å². The maximum absolute atomic E-state index is 11.7. The standard InChI is InChI=1S/C12H23ClN2O/c13-8-4-1-2-5-9-14-12(16)15-10-6-3-7-11-15/h1-11H2,(H,14,16). The van der Waals surface area contributed by atoms with Crippen molar-refractivity contribution in [3.8, 4) is 0 Å². The number of nitrogens with one attached hydrogen (secondary N) is 1. The van der Waals surface area contributed by atoms with Gasteiger partial charge in [-0.25, -0.2) is 4.79 Å². The summed E-state index contributed by atoms with van der Waals surface area (Å²) in [4.78, 5) is 13.6. The van der Waals surface area contributed by atoms with Crippen molar-refractivity contribution in [2.45, 2.75) is 44.9 Å². The molecule has 0 aromatic heterocycles. The van der Waals surface area contributed by atoms with Crippen LogP contribution in [0.5, 0.6) is 0 Å². The molecule has 94 valence electrons. The van der Waals surface area contributed by atoms with Gasteiger partial charge in [0, 0.05) is 25.5 Å². The molecule has 3 nitrogen and oxygen atoms in total. The quantitative estimate of drug-likeness (QED) is 0.567. The molecule has 1 aliphatic heterocycles. The zero-order valence-electron chi connectivity index (χ0n) is 10.0. The first kappa shape index (κ1) is 13.6. The molecule has 1 saturated heterocycles. The van der Waals surface area contributed by atoms with E-state index in [1.54, 1.807) is 0 Å². The lowest BCUT2D eigenvalue weighted by molar-refractivity contribution is 0.186. The van der Waals surface area contributed by atoms with Crippen LogP contribution in [0, 0.1) is 0 Å². The molecule has 0 unspecified atom stereocenters. The summed E-state index contributed by atoms with van der Waals surface area (Å²) in [5.74, 6) is 0.750. The minimum Gasteiger partial charge on any atom is -0.338 e. The van der Waals surface area contributed by atoms with Crippen molar-refractivity contribution >= 4 is 17.6 Å². The minimum absolute atomic E-state index is 0.122. The fourth-order valence-electron chi connectivity index (χ4n) is 1.98. The number of carbonyl (C=O) groups excluding carboxylic acids is 1. The van der Waals surface area contributed by atoms with E-state index in [0.717, 1.165) is 57.6 Å². The van der Waals surface area contributed by atoms with Crippen molar-refractivity contribution in [3.05, 3.63) is 0 Å². The second kappa shape index (κ2) is 8.68. The molecule has 0 aromatic carbocycles. The van der Waals surface area contributed by atoms with Gasteiger partial charge in [-0.05, 0) is 32.1 Å². The Morgan fingerprint density at radius 2 is 1.75 bits per heavy atom. The van der Waals surface area contributed by atoms with Crippen molar-refractivity contribution < 1.29 is 4.79 Å². The number of urea groups is 1. The SMILES string of the molecule is O=C(NCCCCCCCl)N1CCCCC1. The van der Waals surface area contributed by atoms with Gasteiger partial charge in [-0.1, -0.05) is 12.8 Å². The van der Waals surface area contributed by atoms with Crippen LogP contribution in [0.4, 0.5) is 4.79 Å². The molecule has 1 N–H and O–H groups in total. The molecule has 0 aromatic rings. The normalized spacial score (nSPS) is 16.2. The first-order valence-electron chi connectivity index (χ1n) is 6.43. The Bertz CT molecular complexity index is 193. The molecule has 1 rings (SSSR count). The Morgan fingerprint density at radius 3 is 2.44 bits per heavy atom. The van der Waals surface area contributed by atoms with Crippen LogP contribution in [0.2, 0.25) is 0 Å². The van der Waals surface area contributed by atoms with Gasteiger partial charge in [-0.15, -0.1) is 11.6 Å². The van der Waals surface area contributed by atoms with Crippen LogP contribution in [0.15, 0.2) is 0 Å². The molecule has 1 aliphatic rings. The molecule has 0 atom stereocenters. The second-order valence-electron chi connectivity index (χ2n) is 4.38. The van der Waals surface area contributed by atoms with E-state index in [0.29, 0.717) is 0 Å². The van der Waals surface area contributed by atoms with Gasteiger partial charge in [0.25, 0.3) is 0 Å². The summed E-state index contributed by atoms with van der Waals surface area (Å²) >= 11 is 5.59. The van der Waals surface area contributed by atoms with E-state index in [1.165, 1.54) is 12.8 Å². The molecule has 16 heavy (non-hydrogen) atoms. The lowest BCUT2D eigenvalue weighted by Gasteiger charge is -2.26. The summed E-state index contributed by atoms with van der Waals surface area (Å²) < 4.78 is 0. The summed E-state index contributed by atoms with van der Waals surface area (Å²) in [6, 6.07) is 0.122. The number of nitrogens with zero attached hydrogens (tertiary/aromatic N) is 1. The summed E-state index contributed by atoms with van der Waals surface area (Å²) in [5.41, 5.74) is 0. The molecule has 2 amide bonds. The highest BCUT2D eigenvalue weighted by Gasteiger charge is 2.15. The Morgan fingerprint density at radius 1 is 1.06 bits per heavy atom. The number of piperidine rings is 1. The number of carbonyl (C=O) groups is 1. The molecule has 0 radical (unpaired) electrons. The maximum Gasteiger partial charge on any atom is 0.317 e. The number of hydrogen-bond acceptors (Lipinski definition) is 1. The summed E-state index contributed by atoms with van der Waals surface area (Å²) in [7, 11) is 0. The number of likely N-dealkylation sites (tertiary alicyclic amines) is 1. The number of rotatable bonds is 6. The molecule has 0 bridgehead atoms. The smallest absolute Gasteiger partial charge is 0.317 e. The van der Waals surface area contributed by atoms with E-state index in [2.05, 4.69) is 5.32 Å². The lowest BCUT2D eigenvalue weighted by atomic mass is 10.1. The van der Waals surface area contributed by atoms with Crippen molar-refractivity contribution in [1.29, 1.82) is 0 Å². The van der Waals surface area contributed by atoms with E-state index in [-0.39, 0.29) is 6.03 Å². The van der Waals surface area contributed by atoms with Crippen LogP contribution in [-0.2, 0) is 0 Å². The van der Waals surface area contributed by atoms with Gasteiger partial charge in [0.1, 0.15) is 0 Å². The van der Waals surface area contributed by atoms with Gasteiger partial charge in [-0.3, -0.25) is 0 Å². The lowest BCUT2D eigenvalue weighted by Crippen LogP contribution is -2.43. The van der Waals surface area contributed by atoms with Gasteiger partial charge in [0.05, 0.1) is 0 Å². The highest BCUT2D eigenvalue weighted by molar-refractivity contribution is 6.17. The van der Waals surface area contributed by atoms with Crippen LogP contribution in [0.1, 0.15) is 44.9 Å². The number of unbranched alkanes of at least 4 members (excludes halogenated alkanes) is 3. The molecule has 0 saturated carbocycles. The predicted octanol–water partition coefficient (Wildman–Crippen LogP) is 2.98. The van der Waals surface area contributed by atoms with E-state index < -0.39 is 0 Å². The van der Waals surface area contributed by atoms with E-state index in [4.69, 9.17) is 11.6 Å². The maximum atomic E-state index is 11.7. The molecular weight excluding hydrogens is 224 g/mol. The highest BCUT2D eigenvalue weighted by atomic mass is 35.5. The number of alkyl halides is 1. The van der Waals surface area contributed by atoms with Crippen LogP contribution < -0.4 is 5.32 Å². The largest absolute Gasteiger partial charge is 0.338 e. The monoisotopic (exact) mass is 246 g/mol. The third-order valence-electron chi connectivity index (χ3n) is 2.98. The van der Waals surface area contributed by atoms with Gasteiger partial charge >= 0.3 is 6.03 Å². The summed E-state index contributed by atoms with van der Waals surface area (Å²) in [5, 5.41) is 2.98. The molecule has 0 spiro atoms. The van der Waals surface area contributed by atoms with Crippen molar-refractivity contribution in [2.75, 3.05) is 25.5 Å². The average Bonchev–Trinajstić information content (AvgIpc) is 2.34. The zero-order chi connectivity index (χ0) is 11.6. The average molecular weight is 247 g/mol. The molecule has 1 heterocycles. The third kappa shape index (κ3) is 5.59. The number of halogens is 1. The van der Waals surface area contributed by atoms with Crippen molar-refractivity contribution in [1.82, 2.24) is 10.2 Å². The van der Waals surface area contributed by atoms with Crippen molar-refractivity contribution in [2.24, 2.45) is 0 Å². The van der Waals surface area contributed by atoms with Crippen LogP contribution in [-0.4, -0.2) is 36.4 Å². The fourth-order valence-corrected chi connectivity index (χ4v) is 2.17. The fraction of sp³-hybridized carbons (Fsp3) is 0.917. The predicted molar refractivity (Wildman–Crippen MR) is 68.0 cm³/mol. The molecule has 1 fully saturated rings. The first-order chi connectivity index (χ1) is 7.84. The van der Waals surface area contributed by atoms with E-state index in [1.807, 2.05) is 4.90 Å². The number of hydrogen-bond donors (Lipinski definition) is 1. The minimum atomic E-state index is 0.122. The van der Waals surface area contributed by atoms with Gasteiger partial charge in [-0.2, -0.15) is 0 Å². The Kier molecular flexibility index (Phi) is 7.39. The number of amides is 2. The first-order valence-corrected chi connectivity index (χ1v) is 6.97. The third-order valence-corrected chi connectivity index (χ3v) is 3.25. The van der Waals surface area contributed by atoms with Gasteiger partial charge < -0.3 is 10.2 Å². The molecule has 0 aliphatic carbocycles. The van der Waals surface area contributed by atoms with E-state index >= 15 is 0 Å². The molecule has 4 heteroatoms. The van der Waals surface area contributed by atoms with Crippen LogP contribution in [0.25, 0.3) is 0 Å². The molecular formula is C12H23ClN2O. The highest BCUT2D eigenvalue weighted by Crippen LogP contribution is 2.08. The van der Waals surface area contributed by atoms with E-state index in [9.17, 15) is 4.79 Å². The second-order valence-corrected chi connectivity index (χ2v) is 4.76. The topological polar surface area (TPSA) is 32.3 Å². The summed E-state index contributed by atoms with van der Waals surface area (Å²) in [6.45, 7) is 2.66. The Hall–Kier alpha value is -0.440. The van der Waals surface area contributed by atoms with Crippen molar-refractivity contribution in [3.63, 3.8) is 0 Å². The van der Waals surface area contributed by atoms with Gasteiger partial charge in [0.15, 0.2) is 0 Å². The van der Waals surface area contributed by atoms with Crippen LogP contribution in [0.3, 0.4) is 0 Å². The Balaban J connectivity index is 1.97. The zero-order valence-corrected chi connectivity index (χ0v) is 10.8. The van der Waals surface area contributed by atoms with Crippen LogP contribution >= 0.6 is 11.6 Å². The van der Waals surface area contributed by atoms with Gasteiger partial charge in [0.2, 0.25) is 0 Å².